The first-order valence-electron chi connectivity index (χ1n) is 15.3. The Labute approximate surface area is 267 Å². The van der Waals surface area contributed by atoms with Gasteiger partial charge in [0.25, 0.3) is 10.0 Å². The van der Waals surface area contributed by atoms with Gasteiger partial charge in [0.05, 0.1) is 28.7 Å². The van der Waals surface area contributed by atoms with Crippen molar-refractivity contribution in [2.75, 3.05) is 38.1 Å². The van der Waals surface area contributed by atoms with Crippen LogP contribution in [0.2, 0.25) is 0 Å². The third-order valence-electron chi connectivity index (χ3n) is 9.34. The van der Waals surface area contributed by atoms with E-state index in [2.05, 4.69) is 0 Å². The molecule has 0 spiro atoms. The van der Waals surface area contributed by atoms with Crippen LogP contribution in [0.5, 0.6) is 5.75 Å². The summed E-state index contributed by atoms with van der Waals surface area (Å²) in [6, 6.07) is 17.6. The number of carboxylic acids is 1. The van der Waals surface area contributed by atoms with Crippen molar-refractivity contribution in [3.8, 4) is 5.75 Å². The molecule has 0 bridgehead atoms. The molecule has 0 amide bonds. The van der Waals surface area contributed by atoms with Crippen LogP contribution < -0.4 is 9.04 Å². The van der Waals surface area contributed by atoms with E-state index < -0.39 is 39.3 Å². The molecule has 1 aliphatic heterocycles. The first-order chi connectivity index (χ1) is 21.7. The summed E-state index contributed by atoms with van der Waals surface area (Å²) in [6.45, 7) is 1.32. The molecule has 2 fully saturated rings. The van der Waals surface area contributed by atoms with Crippen molar-refractivity contribution in [2.45, 2.75) is 54.7 Å². The number of sulfonamides is 1. The number of hydrogen-bond donors (Lipinski definition) is 2. The van der Waals surface area contributed by atoms with E-state index >= 15 is 0 Å². The lowest BCUT2D eigenvalue weighted by molar-refractivity contribution is -0.146. The van der Waals surface area contributed by atoms with Gasteiger partial charge < -0.3 is 19.8 Å². The van der Waals surface area contributed by atoms with E-state index in [4.69, 9.17) is 4.74 Å². The summed E-state index contributed by atoms with van der Waals surface area (Å²) in [4.78, 5) is 14.6. The number of anilines is 1. The van der Waals surface area contributed by atoms with Crippen LogP contribution in [0.4, 0.5) is 18.9 Å². The molecule has 0 unspecified atom stereocenters. The van der Waals surface area contributed by atoms with Crippen molar-refractivity contribution in [2.24, 2.45) is 11.8 Å². The van der Waals surface area contributed by atoms with Crippen molar-refractivity contribution in [3.05, 3.63) is 89.5 Å². The number of halogens is 3. The second-order valence-corrected chi connectivity index (χ2v) is 14.4. The van der Waals surface area contributed by atoms with Gasteiger partial charge in [-0.2, -0.15) is 13.2 Å². The number of rotatable bonds is 9. The summed E-state index contributed by atoms with van der Waals surface area (Å²) in [5, 5.41) is 21.5. The highest BCUT2D eigenvalue weighted by atomic mass is 32.2. The number of carbonyl (C=O) groups is 1. The highest BCUT2D eigenvalue weighted by molar-refractivity contribution is 7.92. The minimum atomic E-state index is -4.46. The van der Waals surface area contributed by atoms with Crippen LogP contribution in [0.1, 0.15) is 54.7 Å². The van der Waals surface area contributed by atoms with E-state index in [9.17, 15) is 36.6 Å². The fourth-order valence-corrected chi connectivity index (χ4v) is 8.06. The van der Waals surface area contributed by atoms with Gasteiger partial charge in [-0.3, -0.25) is 9.10 Å². The van der Waals surface area contributed by atoms with Gasteiger partial charge in [0.15, 0.2) is 0 Å². The number of ether oxygens (including phenoxy) is 1. The molecule has 1 aliphatic carbocycles. The smallest absolute Gasteiger partial charge is 0.416 e. The number of hydrogen-bond acceptors (Lipinski definition) is 6. The Morgan fingerprint density at radius 3 is 2.37 bits per heavy atom. The monoisotopic (exact) mass is 660 g/mol. The van der Waals surface area contributed by atoms with Crippen molar-refractivity contribution in [3.63, 3.8) is 0 Å². The lowest BCUT2D eigenvalue weighted by Crippen LogP contribution is -2.44. The number of alkyl halides is 3. The third kappa shape index (κ3) is 7.19. The Balaban J connectivity index is 1.30. The van der Waals surface area contributed by atoms with Gasteiger partial charge in [0.1, 0.15) is 11.4 Å². The summed E-state index contributed by atoms with van der Waals surface area (Å²) in [7, 11) is -0.597. The molecule has 0 aromatic heterocycles. The normalized spacial score (nSPS) is 24.3. The molecular weight excluding hydrogens is 621 g/mol. The number of piperidine rings is 1. The quantitative estimate of drug-likeness (QED) is 0.285. The number of benzene rings is 3. The van der Waals surface area contributed by atoms with Crippen LogP contribution in [-0.2, 0) is 26.6 Å². The lowest BCUT2D eigenvalue weighted by Gasteiger charge is -2.38. The summed E-state index contributed by atoms with van der Waals surface area (Å²) < 4.78 is 72.9. The van der Waals surface area contributed by atoms with E-state index in [0.29, 0.717) is 37.1 Å². The van der Waals surface area contributed by atoms with Crippen LogP contribution in [0.15, 0.2) is 77.7 Å². The van der Waals surface area contributed by atoms with E-state index in [0.717, 1.165) is 37.1 Å². The number of likely N-dealkylation sites (N-methyl/N-ethyl adjacent to an activating group) is 1. The van der Waals surface area contributed by atoms with Crippen LogP contribution in [0, 0.1) is 11.8 Å². The Bertz CT molecular complexity index is 1630. The molecular formula is C34H39F3N2O6S. The summed E-state index contributed by atoms with van der Waals surface area (Å²) in [6.07, 6.45) is -1.17. The topological polar surface area (TPSA) is 107 Å². The molecule has 2 N–H and O–H groups in total. The van der Waals surface area contributed by atoms with Gasteiger partial charge in [0, 0.05) is 19.5 Å². The fraction of sp³-hybridized carbons (Fsp3) is 0.441. The maximum atomic E-state index is 13.7. The SMILES string of the molecule is CN1CCC[C@@](O)(c2cccc(S(=O)(=O)N(C)c3ccc([C@H]4CCC[C@@H](COc5ccc(C(F)(F)F)cc5)[C@@H]4C(=O)O)cc3)c2)C1. The van der Waals surface area contributed by atoms with Crippen molar-refractivity contribution >= 4 is 21.7 Å². The second-order valence-electron chi connectivity index (χ2n) is 12.5. The van der Waals surface area contributed by atoms with E-state index in [-0.39, 0.29) is 29.1 Å². The van der Waals surface area contributed by atoms with E-state index in [1.807, 2.05) is 11.9 Å². The minimum Gasteiger partial charge on any atom is -0.493 e. The predicted molar refractivity (Wildman–Crippen MR) is 167 cm³/mol. The van der Waals surface area contributed by atoms with Gasteiger partial charge in [-0.15, -0.1) is 0 Å². The summed E-state index contributed by atoms with van der Waals surface area (Å²) >= 11 is 0. The van der Waals surface area contributed by atoms with Crippen molar-refractivity contribution in [1.82, 2.24) is 4.90 Å². The molecule has 8 nitrogen and oxygen atoms in total. The summed E-state index contributed by atoms with van der Waals surface area (Å²) in [5.74, 6) is -2.26. The number of aliphatic hydroxyl groups is 1. The van der Waals surface area contributed by atoms with E-state index in [1.54, 1.807) is 36.4 Å². The molecule has 248 valence electrons. The maximum Gasteiger partial charge on any atom is 0.416 e. The zero-order chi connectivity index (χ0) is 33.3. The van der Waals surface area contributed by atoms with Crippen LogP contribution >= 0.6 is 0 Å². The first kappa shape index (κ1) is 33.7. The number of nitrogens with zero attached hydrogens (tertiary/aromatic N) is 2. The van der Waals surface area contributed by atoms with Gasteiger partial charge in [0.2, 0.25) is 0 Å². The van der Waals surface area contributed by atoms with Crippen LogP contribution in [0.3, 0.4) is 0 Å². The van der Waals surface area contributed by atoms with Gasteiger partial charge in [-0.05, 0) is 105 Å². The molecule has 3 aromatic carbocycles. The highest BCUT2D eigenvalue weighted by Gasteiger charge is 2.40. The maximum absolute atomic E-state index is 13.7. The van der Waals surface area contributed by atoms with Gasteiger partial charge in [-0.25, -0.2) is 8.42 Å². The number of β-amino-alcohol motifs (C(OH)–C–C–N with tert-alkyl or cyclic N) is 1. The number of carboxylic acid groups (broad SMARTS) is 1. The Hall–Kier alpha value is -3.61. The summed E-state index contributed by atoms with van der Waals surface area (Å²) in [5.41, 5.74) is -0.220. The fourth-order valence-electron chi connectivity index (χ4n) is 6.82. The number of aliphatic carboxylic acids is 1. The molecule has 2 aliphatic rings. The van der Waals surface area contributed by atoms with Crippen molar-refractivity contribution < 1.29 is 41.3 Å². The first-order valence-corrected chi connectivity index (χ1v) is 16.8. The Kier molecular flexibility index (Phi) is 9.72. The second kappa shape index (κ2) is 13.2. The molecule has 5 rings (SSSR count). The molecule has 3 aromatic rings. The molecule has 12 heteroatoms. The molecule has 1 saturated carbocycles. The van der Waals surface area contributed by atoms with Crippen LogP contribution in [0.25, 0.3) is 0 Å². The third-order valence-corrected chi connectivity index (χ3v) is 11.1. The number of likely N-dealkylation sites (tertiary alicyclic amines) is 1. The highest BCUT2D eigenvalue weighted by Crippen LogP contribution is 2.43. The van der Waals surface area contributed by atoms with E-state index in [1.165, 1.54) is 35.6 Å². The predicted octanol–water partition coefficient (Wildman–Crippen LogP) is 6.11. The average Bonchev–Trinajstić information content (AvgIpc) is 3.03. The lowest BCUT2D eigenvalue weighted by atomic mass is 9.69. The van der Waals surface area contributed by atoms with Gasteiger partial charge >= 0.3 is 12.1 Å². The Morgan fingerprint density at radius 2 is 1.74 bits per heavy atom. The molecule has 1 heterocycles. The molecule has 0 radical (unpaired) electrons. The Morgan fingerprint density at radius 1 is 1.04 bits per heavy atom. The minimum absolute atomic E-state index is 0.0440. The zero-order valence-electron chi connectivity index (χ0n) is 25.8. The average molecular weight is 661 g/mol. The standard InChI is InChI=1S/C34H39F3N2O6S/c1-38-19-5-18-33(42,22-38)26-7-4-8-29(20-26)46(43,44)39(2)27-14-10-23(11-15-27)30-9-3-6-24(31(30)32(40)41)21-45-28-16-12-25(13-17-28)34(35,36)37/h4,7-8,10-17,20,24,30-31,42H,3,5-6,9,18-19,21-22H2,1-2H3,(H,40,41)/t24-,30+,31-,33-/m0/s1. The van der Waals surface area contributed by atoms with Crippen LogP contribution in [-0.4, -0.2) is 63.3 Å². The zero-order valence-corrected chi connectivity index (χ0v) is 26.6. The molecule has 4 atom stereocenters. The van der Waals surface area contributed by atoms with Crippen molar-refractivity contribution in [1.29, 1.82) is 0 Å². The molecule has 46 heavy (non-hydrogen) atoms. The molecule has 1 saturated heterocycles. The van der Waals surface area contributed by atoms with Gasteiger partial charge in [-0.1, -0.05) is 30.7 Å². The largest absolute Gasteiger partial charge is 0.493 e.